The van der Waals surface area contributed by atoms with Crippen LogP contribution >= 0.6 is 0 Å². The van der Waals surface area contributed by atoms with Crippen LogP contribution in [-0.4, -0.2) is 0 Å². The Bertz CT molecular complexity index is 986. The van der Waals surface area contributed by atoms with E-state index in [4.69, 9.17) is 0 Å². The van der Waals surface area contributed by atoms with E-state index in [2.05, 4.69) is 95.3 Å². The maximum absolute atomic E-state index is 2.63. The maximum Gasteiger partial charge on any atom is 0.0190 e. The van der Waals surface area contributed by atoms with Gasteiger partial charge in [0.15, 0.2) is 0 Å². The Hall–Kier alpha value is -2.08. The van der Waals surface area contributed by atoms with Crippen molar-refractivity contribution in [3.05, 3.63) is 83.0 Å². The van der Waals surface area contributed by atoms with E-state index < -0.39 is 0 Å². The van der Waals surface area contributed by atoms with Gasteiger partial charge in [0.1, 0.15) is 0 Å². The molecular formula is C31H38. The van der Waals surface area contributed by atoms with Gasteiger partial charge >= 0.3 is 0 Å². The van der Waals surface area contributed by atoms with E-state index in [1.807, 2.05) is 0 Å². The molecule has 31 heavy (non-hydrogen) atoms. The number of benzene rings is 2. The molecule has 3 aliphatic rings. The van der Waals surface area contributed by atoms with Gasteiger partial charge in [-0.05, 0) is 76.2 Å². The summed E-state index contributed by atoms with van der Waals surface area (Å²) in [7, 11) is 0. The molecule has 2 aromatic carbocycles. The van der Waals surface area contributed by atoms with Gasteiger partial charge in [-0.25, -0.2) is 0 Å². The number of rotatable bonds is 4. The van der Waals surface area contributed by atoms with E-state index in [1.165, 1.54) is 41.5 Å². The zero-order valence-corrected chi connectivity index (χ0v) is 20.0. The Labute approximate surface area is 189 Å². The van der Waals surface area contributed by atoms with Crippen LogP contribution in [0.25, 0.3) is 11.1 Å². The van der Waals surface area contributed by atoms with Gasteiger partial charge in [-0.15, -0.1) is 0 Å². The average molecular weight is 411 g/mol. The smallest absolute Gasteiger partial charge is 0.0190 e. The van der Waals surface area contributed by atoms with Gasteiger partial charge in [0.25, 0.3) is 0 Å². The number of fused-ring (bicyclic) bond motifs is 3. The second-order valence-electron chi connectivity index (χ2n) is 11.3. The summed E-state index contributed by atoms with van der Waals surface area (Å²) in [5.41, 5.74) is 9.26. The number of hydrogen-bond donors (Lipinski definition) is 0. The molecule has 0 aliphatic heterocycles. The average Bonchev–Trinajstić information content (AvgIpc) is 3.37. The molecule has 0 amide bonds. The quantitative estimate of drug-likeness (QED) is 0.472. The van der Waals surface area contributed by atoms with Gasteiger partial charge in [0.05, 0.1) is 0 Å². The molecule has 162 valence electrons. The van der Waals surface area contributed by atoms with E-state index in [9.17, 15) is 0 Å². The summed E-state index contributed by atoms with van der Waals surface area (Å²) < 4.78 is 0. The minimum atomic E-state index is 0.106. The van der Waals surface area contributed by atoms with Crippen LogP contribution < -0.4 is 0 Å². The van der Waals surface area contributed by atoms with Gasteiger partial charge in [-0.3, -0.25) is 0 Å². The van der Waals surface area contributed by atoms with Crippen molar-refractivity contribution in [3.8, 4) is 11.1 Å². The molecule has 5 rings (SSSR count). The highest BCUT2D eigenvalue weighted by molar-refractivity contribution is 5.79. The zero-order valence-electron chi connectivity index (χ0n) is 20.0. The fourth-order valence-corrected chi connectivity index (χ4v) is 6.96. The van der Waals surface area contributed by atoms with Gasteiger partial charge < -0.3 is 0 Å². The highest BCUT2D eigenvalue weighted by Crippen LogP contribution is 2.57. The van der Waals surface area contributed by atoms with Crippen molar-refractivity contribution in [1.82, 2.24) is 0 Å². The van der Waals surface area contributed by atoms with Crippen molar-refractivity contribution in [2.45, 2.75) is 66.2 Å². The molecular weight excluding hydrogens is 372 g/mol. The first-order valence-corrected chi connectivity index (χ1v) is 12.5. The fraction of sp³-hybridized carbons (Fsp3) is 0.484. The third kappa shape index (κ3) is 3.43. The Morgan fingerprint density at radius 2 is 1.48 bits per heavy atom. The van der Waals surface area contributed by atoms with Crippen LogP contribution in [0.1, 0.15) is 77.3 Å². The van der Waals surface area contributed by atoms with Gasteiger partial charge in [-0.2, -0.15) is 0 Å². The SMILES string of the molecule is CC(C)[C@@H]1CC[C@@H](C)C[C@@H]1C1=CCC(C(C)(C)C2c3ccccc3-c3ccccc32)=C1. The van der Waals surface area contributed by atoms with Crippen molar-refractivity contribution >= 4 is 0 Å². The van der Waals surface area contributed by atoms with Crippen LogP contribution in [-0.2, 0) is 0 Å². The molecule has 0 heterocycles. The molecule has 0 aromatic heterocycles. The first-order valence-electron chi connectivity index (χ1n) is 12.5. The van der Waals surface area contributed by atoms with Crippen molar-refractivity contribution in [2.24, 2.45) is 29.1 Å². The van der Waals surface area contributed by atoms with Crippen molar-refractivity contribution in [2.75, 3.05) is 0 Å². The summed E-state index contributed by atoms with van der Waals surface area (Å²) in [5.74, 6) is 3.66. The second-order valence-corrected chi connectivity index (χ2v) is 11.3. The lowest BCUT2D eigenvalue weighted by molar-refractivity contribution is 0.172. The van der Waals surface area contributed by atoms with Crippen molar-refractivity contribution < 1.29 is 0 Å². The van der Waals surface area contributed by atoms with Crippen LogP contribution in [0.4, 0.5) is 0 Å². The molecule has 3 aliphatic carbocycles. The van der Waals surface area contributed by atoms with Gasteiger partial charge in [0, 0.05) is 5.92 Å². The molecule has 0 radical (unpaired) electrons. The minimum absolute atomic E-state index is 0.106. The van der Waals surface area contributed by atoms with E-state index >= 15 is 0 Å². The van der Waals surface area contributed by atoms with Crippen molar-refractivity contribution in [3.63, 3.8) is 0 Å². The minimum Gasteiger partial charge on any atom is -0.0769 e. The topological polar surface area (TPSA) is 0 Å². The van der Waals surface area contributed by atoms with Crippen LogP contribution in [0.5, 0.6) is 0 Å². The first kappa shape index (κ1) is 20.8. The molecule has 0 saturated heterocycles. The predicted octanol–water partition coefficient (Wildman–Crippen LogP) is 8.79. The van der Waals surface area contributed by atoms with Gasteiger partial charge in [-0.1, -0.05) is 107 Å². The lowest BCUT2D eigenvalue weighted by Crippen LogP contribution is -2.28. The Morgan fingerprint density at radius 3 is 2.10 bits per heavy atom. The fourth-order valence-electron chi connectivity index (χ4n) is 6.96. The summed E-state index contributed by atoms with van der Waals surface area (Å²) in [5, 5.41) is 0. The van der Waals surface area contributed by atoms with Crippen LogP contribution in [0.2, 0.25) is 0 Å². The van der Waals surface area contributed by atoms with E-state index in [0.717, 1.165) is 30.1 Å². The third-order valence-electron chi connectivity index (χ3n) is 8.73. The maximum atomic E-state index is 2.63. The van der Waals surface area contributed by atoms with E-state index in [-0.39, 0.29) is 5.41 Å². The summed E-state index contributed by atoms with van der Waals surface area (Å²) in [4.78, 5) is 0. The van der Waals surface area contributed by atoms with Crippen molar-refractivity contribution in [1.29, 1.82) is 0 Å². The highest BCUT2D eigenvalue weighted by atomic mass is 14.5. The normalized spacial score (nSPS) is 25.9. The first-order chi connectivity index (χ1) is 14.9. The Morgan fingerprint density at radius 1 is 0.871 bits per heavy atom. The molecule has 0 unspecified atom stereocenters. The molecule has 0 heteroatoms. The van der Waals surface area contributed by atoms with Crippen LogP contribution in [0, 0.1) is 29.1 Å². The molecule has 2 aromatic rings. The van der Waals surface area contributed by atoms with E-state index in [1.54, 1.807) is 11.1 Å². The van der Waals surface area contributed by atoms with Crippen LogP contribution in [0.15, 0.2) is 71.8 Å². The molecule has 0 bridgehead atoms. The zero-order chi connectivity index (χ0) is 21.8. The second kappa shape index (κ2) is 7.80. The Balaban J connectivity index is 1.50. The monoisotopic (exact) mass is 410 g/mol. The molecule has 0 N–H and O–H groups in total. The van der Waals surface area contributed by atoms with Crippen LogP contribution in [0.3, 0.4) is 0 Å². The number of hydrogen-bond acceptors (Lipinski definition) is 0. The highest BCUT2D eigenvalue weighted by Gasteiger charge is 2.42. The van der Waals surface area contributed by atoms with E-state index in [0.29, 0.717) is 5.92 Å². The molecule has 0 nitrogen and oxygen atoms in total. The molecule has 1 fully saturated rings. The molecule has 3 atom stereocenters. The number of allylic oxidation sites excluding steroid dienone is 4. The molecule has 0 spiro atoms. The summed E-state index contributed by atoms with van der Waals surface area (Å²) in [6, 6.07) is 18.2. The van der Waals surface area contributed by atoms with Gasteiger partial charge in [0.2, 0.25) is 0 Å². The Kier molecular flexibility index (Phi) is 5.24. The summed E-state index contributed by atoms with van der Waals surface area (Å²) >= 11 is 0. The summed E-state index contributed by atoms with van der Waals surface area (Å²) in [6.45, 7) is 12.3. The molecule has 1 saturated carbocycles. The standard InChI is InChI=1S/C31H38/c1-20(2)24-17-14-21(3)18-29(24)22-15-16-23(19-22)31(4,5)30-27-12-8-6-10-25(27)26-11-7-9-13-28(26)30/h6-13,15,19-21,24,29-30H,14,16-18H2,1-5H3/t21-,24+,29-/m1/s1. The lowest BCUT2D eigenvalue weighted by atomic mass is 9.66. The largest absolute Gasteiger partial charge is 0.0769 e. The summed E-state index contributed by atoms with van der Waals surface area (Å²) in [6.07, 6.45) is 10.5. The predicted molar refractivity (Wildman–Crippen MR) is 133 cm³/mol. The third-order valence-corrected chi connectivity index (χ3v) is 8.73. The lowest BCUT2D eigenvalue weighted by Gasteiger charge is -2.38.